The summed E-state index contributed by atoms with van der Waals surface area (Å²) in [5.41, 5.74) is 1.77. The lowest BCUT2D eigenvalue weighted by molar-refractivity contribution is -0.144. The summed E-state index contributed by atoms with van der Waals surface area (Å²) in [6, 6.07) is 17.2. The van der Waals surface area contributed by atoms with Crippen LogP contribution >= 0.6 is 11.8 Å². The number of ether oxygens (including phenoxy) is 2. The summed E-state index contributed by atoms with van der Waals surface area (Å²) in [4.78, 5) is 26.9. The number of thioether (sulfide) groups is 1. The van der Waals surface area contributed by atoms with Crippen LogP contribution in [0.3, 0.4) is 0 Å². The molecule has 2 aromatic rings. The van der Waals surface area contributed by atoms with Gasteiger partial charge in [-0.05, 0) is 36.4 Å². The minimum Gasteiger partial charge on any atom is -0.455 e. The highest BCUT2D eigenvalue weighted by molar-refractivity contribution is 8.00. The molecule has 0 aromatic heterocycles. The molecule has 0 atom stereocenters. The number of nitrogens with zero attached hydrogens (tertiary/aromatic N) is 1. The summed E-state index contributed by atoms with van der Waals surface area (Å²) < 4.78 is 10.4. The Balaban J connectivity index is 1.39. The Morgan fingerprint density at radius 3 is 2.44 bits per heavy atom. The number of carbonyl (C=O) groups is 2. The van der Waals surface area contributed by atoms with Crippen molar-refractivity contribution in [1.82, 2.24) is 0 Å². The van der Waals surface area contributed by atoms with Crippen LogP contribution in [0.2, 0.25) is 0 Å². The minimum atomic E-state index is -0.415. The Labute approximate surface area is 162 Å². The fourth-order valence-corrected chi connectivity index (χ4v) is 3.34. The van der Waals surface area contributed by atoms with Crippen LogP contribution < -0.4 is 10.2 Å². The van der Waals surface area contributed by atoms with E-state index < -0.39 is 5.97 Å². The van der Waals surface area contributed by atoms with Crippen LogP contribution in [0.1, 0.15) is 0 Å². The molecule has 142 valence electrons. The summed E-state index contributed by atoms with van der Waals surface area (Å²) in [5, 5.41) is 2.74. The van der Waals surface area contributed by atoms with Crippen molar-refractivity contribution < 1.29 is 19.1 Å². The standard InChI is InChI=1S/C20H22N2O4S/c23-19(14-26-20(24)15-27-18-4-2-1-3-5-18)21-16-6-8-17(9-7-16)22-10-12-25-13-11-22/h1-9H,10-15H2,(H,21,23). The quantitative estimate of drug-likeness (QED) is 0.583. The largest absolute Gasteiger partial charge is 0.455 e. The van der Waals surface area contributed by atoms with Crippen LogP contribution in [-0.4, -0.2) is 50.5 Å². The molecular weight excluding hydrogens is 364 g/mol. The average molecular weight is 386 g/mol. The lowest BCUT2D eigenvalue weighted by Gasteiger charge is -2.28. The minimum absolute atomic E-state index is 0.172. The molecule has 27 heavy (non-hydrogen) atoms. The molecule has 1 aliphatic heterocycles. The van der Waals surface area contributed by atoms with E-state index in [1.54, 1.807) is 0 Å². The third kappa shape index (κ3) is 6.30. The molecule has 0 spiro atoms. The first-order chi connectivity index (χ1) is 13.2. The van der Waals surface area contributed by atoms with Gasteiger partial charge in [0.2, 0.25) is 0 Å². The Bertz CT molecular complexity index is 746. The van der Waals surface area contributed by atoms with E-state index in [1.165, 1.54) is 11.8 Å². The first kappa shape index (κ1) is 19.3. The SMILES string of the molecule is O=C(COC(=O)CSc1ccccc1)Nc1ccc(N2CCOCC2)cc1. The van der Waals surface area contributed by atoms with Crippen molar-refractivity contribution in [3.8, 4) is 0 Å². The third-order valence-electron chi connectivity index (χ3n) is 3.99. The van der Waals surface area contributed by atoms with Crippen molar-refractivity contribution in [2.45, 2.75) is 4.90 Å². The van der Waals surface area contributed by atoms with Gasteiger partial charge in [0.25, 0.3) is 5.91 Å². The predicted octanol–water partition coefficient (Wildman–Crippen LogP) is 2.80. The highest BCUT2D eigenvalue weighted by atomic mass is 32.2. The van der Waals surface area contributed by atoms with E-state index in [0.717, 1.165) is 36.9 Å². The molecule has 1 heterocycles. The van der Waals surface area contributed by atoms with Crippen LogP contribution in [0, 0.1) is 0 Å². The maximum Gasteiger partial charge on any atom is 0.316 e. The van der Waals surface area contributed by atoms with Gasteiger partial charge in [-0.15, -0.1) is 11.8 Å². The van der Waals surface area contributed by atoms with Crippen molar-refractivity contribution in [1.29, 1.82) is 0 Å². The van der Waals surface area contributed by atoms with Gasteiger partial charge in [-0.1, -0.05) is 18.2 Å². The predicted molar refractivity (Wildman–Crippen MR) is 106 cm³/mol. The normalized spacial score (nSPS) is 13.9. The number of carbonyl (C=O) groups excluding carboxylic acids is 2. The molecule has 1 saturated heterocycles. The molecule has 7 heteroatoms. The second-order valence-corrected chi connectivity index (χ2v) is 7.01. The second-order valence-electron chi connectivity index (χ2n) is 5.96. The first-order valence-corrected chi connectivity index (χ1v) is 9.75. The number of benzene rings is 2. The molecule has 0 bridgehead atoms. The van der Waals surface area contributed by atoms with E-state index in [0.29, 0.717) is 5.69 Å². The van der Waals surface area contributed by atoms with Gasteiger partial charge in [0.15, 0.2) is 6.61 Å². The summed E-state index contributed by atoms with van der Waals surface area (Å²) in [7, 11) is 0. The lowest BCUT2D eigenvalue weighted by atomic mass is 10.2. The molecule has 0 unspecified atom stereocenters. The summed E-state index contributed by atoms with van der Waals surface area (Å²) in [5.74, 6) is -0.597. The highest BCUT2D eigenvalue weighted by Gasteiger charge is 2.12. The zero-order valence-corrected chi connectivity index (χ0v) is 15.7. The molecule has 3 rings (SSSR count). The van der Waals surface area contributed by atoms with Gasteiger partial charge in [-0.25, -0.2) is 0 Å². The van der Waals surface area contributed by atoms with Gasteiger partial charge in [0.05, 0.1) is 19.0 Å². The number of anilines is 2. The number of hydrogen-bond acceptors (Lipinski definition) is 6. The van der Waals surface area contributed by atoms with Gasteiger partial charge in [0.1, 0.15) is 0 Å². The van der Waals surface area contributed by atoms with E-state index in [-0.39, 0.29) is 18.3 Å². The maximum atomic E-state index is 12.0. The number of amides is 1. The van der Waals surface area contributed by atoms with Crippen LogP contribution in [-0.2, 0) is 19.1 Å². The van der Waals surface area contributed by atoms with Crippen LogP contribution in [0.25, 0.3) is 0 Å². The molecule has 0 radical (unpaired) electrons. The molecule has 1 amide bonds. The maximum absolute atomic E-state index is 12.0. The van der Waals surface area contributed by atoms with Crippen molar-refractivity contribution in [2.75, 3.05) is 48.9 Å². The number of nitrogens with one attached hydrogen (secondary N) is 1. The van der Waals surface area contributed by atoms with Gasteiger partial charge in [-0.2, -0.15) is 0 Å². The van der Waals surface area contributed by atoms with E-state index in [4.69, 9.17) is 9.47 Å². The Morgan fingerprint density at radius 1 is 1.04 bits per heavy atom. The summed E-state index contributed by atoms with van der Waals surface area (Å²) in [6.45, 7) is 2.89. The molecule has 0 saturated carbocycles. The Morgan fingerprint density at radius 2 is 1.74 bits per heavy atom. The molecule has 1 aliphatic rings. The molecule has 1 fully saturated rings. The smallest absolute Gasteiger partial charge is 0.316 e. The topological polar surface area (TPSA) is 67.9 Å². The van der Waals surface area contributed by atoms with Crippen LogP contribution in [0.4, 0.5) is 11.4 Å². The van der Waals surface area contributed by atoms with Gasteiger partial charge in [0, 0.05) is 29.4 Å². The number of morpholine rings is 1. The van der Waals surface area contributed by atoms with E-state index >= 15 is 0 Å². The molecule has 6 nitrogen and oxygen atoms in total. The fraction of sp³-hybridized carbons (Fsp3) is 0.300. The number of esters is 1. The number of hydrogen-bond donors (Lipinski definition) is 1. The van der Waals surface area contributed by atoms with Crippen LogP contribution in [0.5, 0.6) is 0 Å². The van der Waals surface area contributed by atoms with Gasteiger partial charge >= 0.3 is 5.97 Å². The summed E-state index contributed by atoms with van der Waals surface area (Å²) >= 11 is 1.38. The highest BCUT2D eigenvalue weighted by Crippen LogP contribution is 2.19. The van der Waals surface area contributed by atoms with Crippen molar-refractivity contribution in [3.63, 3.8) is 0 Å². The Kier molecular flexibility index (Phi) is 7.12. The summed E-state index contributed by atoms with van der Waals surface area (Å²) in [6.07, 6.45) is 0. The molecule has 2 aromatic carbocycles. The molecule has 1 N–H and O–H groups in total. The lowest BCUT2D eigenvalue weighted by Crippen LogP contribution is -2.36. The van der Waals surface area contributed by atoms with Crippen LogP contribution in [0.15, 0.2) is 59.5 Å². The zero-order valence-electron chi connectivity index (χ0n) is 14.9. The van der Waals surface area contributed by atoms with Crippen molar-refractivity contribution >= 4 is 35.0 Å². The first-order valence-electron chi connectivity index (χ1n) is 8.77. The van der Waals surface area contributed by atoms with Gasteiger partial charge < -0.3 is 19.7 Å². The van der Waals surface area contributed by atoms with E-state index in [2.05, 4.69) is 10.2 Å². The zero-order chi connectivity index (χ0) is 18.9. The molecular formula is C20H22N2O4S. The van der Waals surface area contributed by atoms with Gasteiger partial charge in [-0.3, -0.25) is 9.59 Å². The van der Waals surface area contributed by atoms with E-state index in [9.17, 15) is 9.59 Å². The van der Waals surface area contributed by atoms with E-state index in [1.807, 2.05) is 54.6 Å². The molecule has 0 aliphatic carbocycles. The van der Waals surface area contributed by atoms with Crippen molar-refractivity contribution in [2.24, 2.45) is 0 Å². The Hall–Kier alpha value is -2.51. The third-order valence-corrected chi connectivity index (χ3v) is 4.98. The average Bonchev–Trinajstić information content (AvgIpc) is 2.73. The second kappa shape index (κ2) is 9.99. The monoisotopic (exact) mass is 386 g/mol. The number of rotatable bonds is 7. The fourth-order valence-electron chi connectivity index (χ4n) is 2.62. The van der Waals surface area contributed by atoms with Crippen molar-refractivity contribution in [3.05, 3.63) is 54.6 Å².